The fraction of sp³-hybridized carbons (Fsp3) is 0.0769. The molecule has 0 fully saturated rings. The third-order valence-electron chi connectivity index (χ3n) is 2.43. The van der Waals surface area contributed by atoms with Crippen molar-refractivity contribution in [2.45, 2.75) is 15.6 Å². The van der Waals surface area contributed by atoms with Crippen molar-refractivity contribution in [1.29, 1.82) is 0 Å². The second-order valence-corrected chi connectivity index (χ2v) is 8.38. The quantitative estimate of drug-likeness (QED) is 0.686. The Bertz CT molecular complexity index is 786. The van der Waals surface area contributed by atoms with Crippen molar-refractivity contribution < 1.29 is 0 Å². The largest absolute Gasteiger partial charge is 0.229 e. The molecule has 0 amide bonds. The molecule has 1 aromatic carbocycles. The molecule has 3 rings (SSSR count). The van der Waals surface area contributed by atoms with Gasteiger partial charge >= 0.3 is 0 Å². The lowest BCUT2D eigenvalue weighted by Crippen LogP contribution is -2.17. The predicted molar refractivity (Wildman–Crippen MR) is 88.4 cm³/mol. The van der Waals surface area contributed by atoms with Gasteiger partial charge in [-0.05, 0) is 40.6 Å². The van der Waals surface area contributed by atoms with Crippen LogP contribution in [0.15, 0.2) is 32.9 Å². The van der Waals surface area contributed by atoms with Gasteiger partial charge in [0.25, 0.3) is 0 Å². The smallest absolute Gasteiger partial charge is 0.162 e. The molecule has 0 aliphatic rings. The number of thiazole rings is 2. The Morgan fingerprint density at radius 2 is 1.84 bits per heavy atom. The van der Waals surface area contributed by atoms with Crippen molar-refractivity contribution >= 4 is 67.1 Å². The highest BCUT2D eigenvalue weighted by molar-refractivity contribution is 8.77. The highest BCUT2D eigenvalue weighted by Crippen LogP contribution is 2.40. The van der Waals surface area contributed by atoms with Crippen molar-refractivity contribution in [1.82, 2.24) is 9.97 Å². The van der Waals surface area contributed by atoms with E-state index in [0.29, 0.717) is 0 Å². The van der Waals surface area contributed by atoms with E-state index in [-0.39, 0.29) is 0 Å². The summed E-state index contributed by atoms with van der Waals surface area (Å²) in [4.78, 5) is 9.04. The maximum atomic E-state index is 4.59. The number of benzene rings is 1. The van der Waals surface area contributed by atoms with Crippen LogP contribution in [0.5, 0.6) is 0 Å². The molecule has 2 aromatic heterocycles. The number of hydrogen-bond donors (Lipinski definition) is 0. The van der Waals surface area contributed by atoms with Crippen LogP contribution in [0.3, 0.4) is 0 Å². The summed E-state index contributed by atoms with van der Waals surface area (Å²) in [6.07, 6.45) is 2.05. The van der Waals surface area contributed by atoms with Crippen molar-refractivity contribution in [3.63, 3.8) is 0 Å². The first-order chi connectivity index (χ1) is 9.26. The summed E-state index contributed by atoms with van der Waals surface area (Å²) in [6.45, 7) is 5.95. The minimum Gasteiger partial charge on any atom is -0.229 e. The average molecular weight is 323 g/mol. The maximum Gasteiger partial charge on any atom is 0.162 e. The van der Waals surface area contributed by atoms with Gasteiger partial charge in [-0.1, -0.05) is 24.8 Å². The van der Waals surface area contributed by atoms with Gasteiger partial charge in [0.05, 0.1) is 20.1 Å². The minimum atomic E-state index is 0.861. The van der Waals surface area contributed by atoms with E-state index in [1.54, 1.807) is 44.3 Å². The Morgan fingerprint density at radius 1 is 1.11 bits per heavy atom. The maximum absolute atomic E-state index is 4.59. The second-order valence-electron chi connectivity index (χ2n) is 3.69. The zero-order valence-corrected chi connectivity index (χ0v) is 13.4. The van der Waals surface area contributed by atoms with Gasteiger partial charge in [0.1, 0.15) is 0 Å². The van der Waals surface area contributed by atoms with Gasteiger partial charge in [0, 0.05) is 0 Å². The Labute approximate surface area is 126 Å². The number of fused-ring (bicyclic) bond motifs is 1. The Kier molecular flexibility index (Phi) is 3.93. The molecule has 6 heteroatoms. The monoisotopic (exact) mass is 322 g/mol. The summed E-state index contributed by atoms with van der Waals surface area (Å²) in [5, 5.41) is 0.861. The van der Waals surface area contributed by atoms with Gasteiger partial charge in [-0.25, -0.2) is 9.97 Å². The van der Waals surface area contributed by atoms with Gasteiger partial charge in [0.15, 0.2) is 8.68 Å². The van der Waals surface area contributed by atoms with E-state index < -0.39 is 0 Å². The van der Waals surface area contributed by atoms with E-state index in [9.17, 15) is 0 Å². The molecule has 96 valence electrons. The molecule has 0 radical (unpaired) electrons. The third-order valence-corrected chi connectivity index (χ3v) is 7.60. The molecule has 0 saturated heterocycles. The number of rotatable bonds is 3. The summed E-state index contributed by atoms with van der Waals surface area (Å²) in [5.74, 6) is 0. The van der Waals surface area contributed by atoms with E-state index in [4.69, 9.17) is 0 Å². The van der Waals surface area contributed by atoms with Gasteiger partial charge in [-0.2, -0.15) is 0 Å². The lowest BCUT2D eigenvalue weighted by atomic mass is 10.3. The van der Waals surface area contributed by atoms with E-state index in [0.717, 1.165) is 24.1 Å². The zero-order chi connectivity index (χ0) is 13.2. The molecule has 0 bridgehead atoms. The van der Waals surface area contributed by atoms with Crippen LogP contribution < -0.4 is 9.88 Å². The van der Waals surface area contributed by atoms with Gasteiger partial charge in [0.2, 0.25) is 0 Å². The predicted octanol–water partition coefficient (Wildman–Crippen LogP) is 3.76. The molecule has 0 N–H and O–H groups in total. The summed E-state index contributed by atoms with van der Waals surface area (Å²) < 4.78 is 4.47. The molecule has 19 heavy (non-hydrogen) atoms. The minimum absolute atomic E-state index is 0.861. The van der Waals surface area contributed by atoms with E-state index in [1.807, 2.05) is 31.2 Å². The molecule has 0 aliphatic heterocycles. The van der Waals surface area contributed by atoms with Crippen LogP contribution in [0.4, 0.5) is 0 Å². The SMILES string of the molecule is C=c1nc(SSc2nc3ccccc3s2)s/c1=C/C. The first kappa shape index (κ1) is 13.2. The molecule has 0 spiro atoms. The lowest BCUT2D eigenvalue weighted by molar-refractivity contribution is 1.20. The Balaban J connectivity index is 1.80. The average Bonchev–Trinajstić information content (AvgIpc) is 2.98. The number of hydrogen-bond acceptors (Lipinski definition) is 6. The van der Waals surface area contributed by atoms with Crippen LogP contribution in [0.2, 0.25) is 0 Å². The Hall–Kier alpha value is -0.820. The molecular formula is C13H10N2S4. The van der Waals surface area contributed by atoms with Crippen molar-refractivity contribution in [3.8, 4) is 0 Å². The molecule has 0 saturated carbocycles. The van der Waals surface area contributed by atoms with Gasteiger partial charge in [-0.15, -0.1) is 22.7 Å². The summed E-state index contributed by atoms with van der Waals surface area (Å²) in [5.41, 5.74) is 1.06. The van der Waals surface area contributed by atoms with Crippen LogP contribution >= 0.6 is 44.3 Å². The topological polar surface area (TPSA) is 25.8 Å². The zero-order valence-electron chi connectivity index (χ0n) is 10.1. The number of aromatic nitrogens is 2. The third kappa shape index (κ3) is 2.86. The lowest BCUT2D eigenvalue weighted by Gasteiger charge is -1.90. The summed E-state index contributed by atoms with van der Waals surface area (Å²) in [6, 6.07) is 8.20. The molecule has 2 nitrogen and oxygen atoms in total. The fourth-order valence-corrected chi connectivity index (χ4v) is 6.00. The molecule has 0 atom stereocenters. The number of para-hydroxylation sites is 1. The van der Waals surface area contributed by atoms with Gasteiger partial charge < -0.3 is 0 Å². The van der Waals surface area contributed by atoms with Crippen LogP contribution in [0.1, 0.15) is 6.92 Å². The summed E-state index contributed by atoms with van der Waals surface area (Å²) in [7, 11) is 3.31. The second kappa shape index (κ2) is 5.66. The first-order valence-corrected chi connectivity index (χ1v) is 9.37. The van der Waals surface area contributed by atoms with Crippen molar-refractivity contribution in [2.24, 2.45) is 0 Å². The van der Waals surface area contributed by atoms with Crippen molar-refractivity contribution in [3.05, 3.63) is 34.1 Å². The molecule has 0 aliphatic carbocycles. The van der Waals surface area contributed by atoms with E-state index in [1.165, 1.54) is 4.70 Å². The summed E-state index contributed by atoms with van der Waals surface area (Å²) >= 11 is 3.39. The Morgan fingerprint density at radius 3 is 2.53 bits per heavy atom. The highest BCUT2D eigenvalue weighted by atomic mass is 33.1. The first-order valence-electron chi connectivity index (χ1n) is 5.58. The molecule has 3 aromatic rings. The standard InChI is InChI=1S/C13H10N2S4/c1-3-10-8(2)14-12(16-10)18-19-13-15-9-6-4-5-7-11(9)17-13/h3-7H,2H2,1H3/b10-3+. The molecule has 2 heterocycles. The van der Waals surface area contributed by atoms with Crippen LogP contribution in [0, 0.1) is 0 Å². The number of nitrogens with zero attached hydrogens (tertiary/aromatic N) is 2. The van der Waals surface area contributed by atoms with Crippen molar-refractivity contribution in [2.75, 3.05) is 0 Å². The fourth-order valence-electron chi connectivity index (χ4n) is 1.56. The van der Waals surface area contributed by atoms with Crippen LogP contribution in [-0.4, -0.2) is 9.97 Å². The van der Waals surface area contributed by atoms with Crippen LogP contribution in [-0.2, 0) is 0 Å². The molecular weight excluding hydrogens is 312 g/mol. The highest BCUT2D eigenvalue weighted by Gasteiger charge is 2.06. The van der Waals surface area contributed by atoms with Crippen LogP contribution in [0.25, 0.3) is 22.9 Å². The van der Waals surface area contributed by atoms with Gasteiger partial charge in [-0.3, -0.25) is 0 Å². The van der Waals surface area contributed by atoms with E-state index >= 15 is 0 Å². The normalized spacial score (nSPS) is 12.4. The van der Waals surface area contributed by atoms with E-state index in [2.05, 4.69) is 22.6 Å². The molecule has 0 unspecified atom stereocenters.